The van der Waals surface area contributed by atoms with Crippen molar-refractivity contribution in [1.82, 2.24) is 19.7 Å². The van der Waals surface area contributed by atoms with Crippen LogP contribution in [0.3, 0.4) is 0 Å². The fraction of sp³-hybridized carbons (Fsp3) is 0.250. The number of aromatic nitrogens is 4. The Labute approximate surface area is 196 Å². The summed E-state index contributed by atoms with van der Waals surface area (Å²) in [6.45, 7) is 7.14. The standard InChI is InChI=1S/C24H25N5OS2/c1-4-29-22(19-12-10-17(11-13-19)16(2)3)27-28-24(29)32-15-21(30)26-23-25-20(14-31-23)18-8-6-5-7-9-18/h5-14,16H,4,15H2,1-3H3,(H,25,26,30). The van der Waals surface area contributed by atoms with E-state index in [4.69, 9.17) is 0 Å². The molecule has 0 unspecified atom stereocenters. The maximum Gasteiger partial charge on any atom is 0.236 e. The Kier molecular flexibility index (Phi) is 7.02. The number of benzene rings is 2. The first kappa shape index (κ1) is 22.2. The molecular weight excluding hydrogens is 438 g/mol. The summed E-state index contributed by atoms with van der Waals surface area (Å²) in [5.41, 5.74) is 4.21. The molecule has 32 heavy (non-hydrogen) atoms. The molecule has 2 heterocycles. The Morgan fingerprint density at radius 2 is 1.81 bits per heavy atom. The van der Waals surface area contributed by atoms with Crippen LogP contribution in [0.25, 0.3) is 22.6 Å². The molecule has 0 spiro atoms. The van der Waals surface area contributed by atoms with E-state index in [0.29, 0.717) is 11.0 Å². The summed E-state index contributed by atoms with van der Waals surface area (Å²) in [6.07, 6.45) is 0. The van der Waals surface area contributed by atoms with Crippen molar-refractivity contribution in [3.8, 4) is 22.6 Å². The van der Waals surface area contributed by atoms with Gasteiger partial charge in [0.1, 0.15) is 0 Å². The van der Waals surface area contributed by atoms with E-state index in [1.165, 1.54) is 28.7 Å². The molecule has 2 aromatic carbocycles. The molecule has 1 amide bonds. The van der Waals surface area contributed by atoms with E-state index >= 15 is 0 Å². The van der Waals surface area contributed by atoms with Crippen molar-refractivity contribution in [1.29, 1.82) is 0 Å². The minimum absolute atomic E-state index is 0.113. The Balaban J connectivity index is 1.39. The summed E-state index contributed by atoms with van der Waals surface area (Å²) in [6, 6.07) is 18.3. The number of thiazole rings is 1. The van der Waals surface area contributed by atoms with Gasteiger partial charge in [-0.1, -0.05) is 80.2 Å². The monoisotopic (exact) mass is 463 g/mol. The molecule has 2 aromatic heterocycles. The molecule has 0 aliphatic rings. The lowest BCUT2D eigenvalue weighted by atomic mass is 10.0. The zero-order valence-electron chi connectivity index (χ0n) is 18.3. The van der Waals surface area contributed by atoms with E-state index in [-0.39, 0.29) is 11.7 Å². The summed E-state index contributed by atoms with van der Waals surface area (Å²) >= 11 is 2.80. The van der Waals surface area contributed by atoms with Crippen molar-refractivity contribution < 1.29 is 4.79 Å². The number of hydrogen-bond acceptors (Lipinski definition) is 6. The van der Waals surface area contributed by atoms with Crippen molar-refractivity contribution in [2.45, 2.75) is 38.4 Å². The lowest BCUT2D eigenvalue weighted by Crippen LogP contribution is -2.14. The second kappa shape index (κ2) is 10.1. The van der Waals surface area contributed by atoms with Gasteiger partial charge >= 0.3 is 0 Å². The molecule has 6 nitrogen and oxygen atoms in total. The number of carbonyl (C=O) groups excluding carboxylic acids is 1. The fourth-order valence-electron chi connectivity index (χ4n) is 3.27. The highest BCUT2D eigenvalue weighted by Crippen LogP contribution is 2.27. The average Bonchev–Trinajstić information content (AvgIpc) is 3.45. The molecule has 0 saturated carbocycles. The number of rotatable bonds is 8. The molecule has 0 aliphatic carbocycles. The molecule has 0 radical (unpaired) electrons. The molecule has 0 aliphatic heterocycles. The van der Waals surface area contributed by atoms with Crippen LogP contribution in [0.1, 0.15) is 32.3 Å². The smallest absolute Gasteiger partial charge is 0.236 e. The third-order valence-electron chi connectivity index (χ3n) is 5.02. The maximum atomic E-state index is 12.5. The van der Waals surface area contributed by atoms with Gasteiger partial charge < -0.3 is 9.88 Å². The summed E-state index contributed by atoms with van der Waals surface area (Å²) in [7, 11) is 0. The highest BCUT2D eigenvalue weighted by atomic mass is 32.2. The van der Waals surface area contributed by atoms with Gasteiger partial charge in [0.15, 0.2) is 16.1 Å². The van der Waals surface area contributed by atoms with Gasteiger partial charge in [-0.05, 0) is 18.4 Å². The Hall–Kier alpha value is -2.97. The van der Waals surface area contributed by atoms with Crippen molar-refractivity contribution in [3.63, 3.8) is 0 Å². The van der Waals surface area contributed by atoms with Gasteiger partial charge in [-0.25, -0.2) is 4.98 Å². The number of nitrogens with one attached hydrogen (secondary N) is 1. The van der Waals surface area contributed by atoms with E-state index in [0.717, 1.165) is 34.3 Å². The van der Waals surface area contributed by atoms with E-state index in [1.54, 1.807) is 0 Å². The first-order valence-corrected chi connectivity index (χ1v) is 12.4. The van der Waals surface area contributed by atoms with Crippen LogP contribution in [0.15, 0.2) is 65.1 Å². The normalized spacial score (nSPS) is 11.1. The highest BCUT2D eigenvalue weighted by Gasteiger charge is 2.16. The predicted molar refractivity (Wildman–Crippen MR) is 132 cm³/mol. The maximum absolute atomic E-state index is 12.5. The molecule has 8 heteroatoms. The molecule has 1 N–H and O–H groups in total. The number of hydrogen-bond donors (Lipinski definition) is 1. The Bertz CT molecular complexity index is 1180. The van der Waals surface area contributed by atoms with E-state index < -0.39 is 0 Å². The fourth-order valence-corrected chi connectivity index (χ4v) is 4.81. The van der Waals surface area contributed by atoms with Crippen molar-refractivity contribution in [3.05, 3.63) is 65.5 Å². The zero-order valence-corrected chi connectivity index (χ0v) is 19.9. The van der Waals surface area contributed by atoms with Gasteiger partial charge in [-0.15, -0.1) is 21.5 Å². The number of thioether (sulfide) groups is 1. The first-order chi connectivity index (χ1) is 15.5. The van der Waals surface area contributed by atoms with E-state index in [9.17, 15) is 4.79 Å². The van der Waals surface area contributed by atoms with Crippen LogP contribution in [0, 0.1) is 0 Å². The van der Waals surface area contributed by atoms with Gasteiger partial charge in [0.25, 0.3) is 0 Å². The first-order valence-electron chi connectivity index (χ1n) is 10.5. The number of anilines is 1. The summed E-state index contributed by atoms with van der Waals surface area (Å²) in [5.74, 6) is 1.43. The molecule has 4 aromatic rings. The summed E-state index contributed by atoms with van der Waals surface area (Å²) in [4.78, 5) is 17.0. The van der Waals surface area contributed by atoms with Crippen LogP contribution < -0.4 is 5.32 Å². The second-order valence-corrected chi connectivity index (χ2v) is 9.37. The van der Waals surface area contributed by atoms with Crippen LogP contribution in [0.5, 0.6) is 0 Å². The van der Waals surface area contributed by atoms with E-state index in [2.05, 4.69) is 65.5 Å². The van der Waals surface area contributed by atoms with Crippen LogP contribution in [-0.4, -0.2) is 31.4 Å². The molecule has 4 rings (SSSR count). The van der Waals surface area contributed by atoms with Crippen molar-refractivity contribution >= 4 is 34.1 Å². The highest BCUT2D eigenvalue weighted by molar-refractivity contribution is 7.99. The molecule has 0 atom stereocenters. The van der Waals surface area contributed by atoms with Crippen LogP contribution >= 0.6 is 23.1 Å². The quantitative estimate of drug-likeness (QED) is 0.327. The largest absolute Gasteiger partial charge is 0.302 e. The van der Waals surface area contributed by atoms with Gasteiger partial charge in [0.05, 0.1) is 11.4 Å². The lowest BCUT2D eigenvalue weighted by molar-refractivity contribution is -0.113. The molecule has 0 saturated heterocycles. The molecule has 0 bridgehead atoms. The van der Waals surface area contributed by atoms with Crippen molar-refractivity contribution in [2.75, 3.05) is 11.1 Å². The average molecular weight is 464 g/mol. The third-order valence-corrected chi connectivity index (χ3v) is 6.75. The van der Waals surface area contributed by atoms with Gasteiger partial charge in [-0.2, -0.15) is 0 Å². The van der Waals surface area contributed by atoms with E-state index in [1.807, 2.05) is 40.3 Å². The minimum atomic E-state index is -0.113. The minimum Gasteiger partial charge on any atom is -0.302 e. The zero-order chi connectivity index (χ0) is 22.5. The third kappa shape index (κ3) is 5.08. The van der Waals surface area contributed by atoms with Gasteiger partial charge in [-0.3, -0.25) is 4.79 Å². The van der Waals surface area contributed by atoms with Gasteiger partial charge in [0.2, 0.25) is 5.91 Å². The van der Waals surface area contributed by atoms with Crippen LogP contribution in [-0.2, 0) is 11.3 Å². The van der Waals surface area contributed by atoms with Crippen LogP contribution in [0.4, 0.5) is 5.13 Å². The summed E-state index contributed by atoms with van der Waals surface area (Å²) < 4.78 is 2.04. The lowest BCUT2D eigenvalue weighted by Gasteiger charge is -2.09. The number of nitrogens with zero attached hydrogens (tertiary/aromatic N) is 4. The van der Waals surface area contributed by atoms with Crippen molar-refractivity contribution in [2.24, 2.45) is 0 Å². The number of amides is 1. The summed E-state index contributed by atoms with van der Waals surface area (Å²) in [5, 5.41) is 14.9. The molecular formula is C24H25N5OS2. The second-order valence-electron chi connectivity index (χ2n) is 7.57. The van der Waals surface area contributed by atoms with Crippen LogP contribution in [0.2, 0.25) is 0 Å². The molecule has 164 valence electrons. The number of carbonyl (C=O) groups is 1. The SMILES string of the molecule is CCn1c(SCC(=O)Nc2nc(-c3ccccc3)cs2)nnc1-c1ccc(C(C)C)cc1. The Morgan fingerprint density at radius 3 is 2.50 bits per heavy atom. The predicted octanol–water partition coefficient (Wildman–Crippen LogP) is 5.94. The molecule has 0 fully saturated rings. The van der Waals surface area contributed by atoms with Gasteiger partial charge in [0, 0.05) is 23.1 Å². The topological polar surface area (TPSA) is 72.7 Å². The Morgan fingerprint density at radius 1 is 1.06 bits per heavy atom.